The first kappa shape index (κ1) is 20.7. The molecule has 3 N–H and O–H groups in total. The van der Waals surface area contributed by atoms with E-state index >= 15 is 0 Å². The molecule has 2 rings (SSSR count). The number of hydrogen-bond acceptors (Lipinski definition) is 4. The Labute approximate surface area is 158 Å². The minimum Gasteiger partial charge on any atom is -0.338 e. The molecule has 2 aromatic rings. The first-order valence-corrected chi connectivity index (χ1v) is 9.05. The maximum absolute atomic E-state index is 13.5. The van der Waals surface area contributed by atoms with Crippen molar-refractivity contribution in [1.82, 2.24) is 15.6 Å². The van der Waals surface area contributed by atoms with Gasteiger partial charge in [0.25, 0.3) is 0 Å². The molecule has 146 valence electrons. The number of anilines is 1. The summed E-state index contributed by atoms with van der Waals surface area (Å²) in [6.45, 7) is 3.96. The SMILES string of the molecule is CC(C)c1nc(CCNC(=O)NCC(=O)Nc2ccc(F)c(F)c2F)cs1. The quantitative estimate of drug-likeness (QED) is 0.625. The average Bonchev–Trinajstić information content (AvgIpc) is 3.10. The lowest BCUT2D eigenvalue weighted by Gasteiger charge is -2.09. The third-order valence-electron chi connectivity index (χ3n) is 3.45. The summed E-state index contributed by atoms with van der Waals surface area (Å²) >= 11 is 1.56. The van der Waals surface area contributed by atoms with Crippen LogP contribution in [-0.4, -0.2) is 30.0 Å². The maximum atomic E-state index is 13.5. The van der Waals surface area contributed by atoms with Gasteiger partial charge in [-0.15, -0.1) is 11.3 Å². The van der Waals surface area contributed by atoms with Crippen LogP contribution in [0.1, 0.15) is 30.5 Å². The van der Waals surface area contributed by atoms with Crippen molar-refractivity contribution in [3.8, 4) is 0 Å². The van der Waals surface area contributed by atoms with Crippen LogP contribution in [0, 0.1) is 17.5 Å². The smallest absolute Gasteiger partial charge is 0.315 e. The number of benzene rings is 1. The number of carbonyl (C=O) groups excluding carboxylic acids is 2. The van der Waals surface area contributed by atoms with Gasteiger partial charge < -0.3 is 16.0 Å². The van der Waals surface area contributed by atoms with Gasteiger partial charge in [0.2, 0.25) is 5.91 Å². The molecule has 0 saturated carbocycles. The molecule has 0 radical (unpaired) electrons. The van der Waals surface area contributed by atoms with E-state index in [9.17, 15) is 22.8 Å². The molecule has 27 heavy (non-hydrogen) atoms. The lowest BCUT2D eigenvalue weighted by molar-refractivity contribution is -0.115. The highest BCUT2D eigenvalue weighted by molar-refractivity contribution is 7.09. The molecule has 0 bridgehead atoms. The van der Waals surface area contributed by atoms with E-state index in [0.29, 0.717) is 24.9 Å². The third kappa shape index (κ3) is 5.95. The fourth-order valence-electron chi connectivity index (χ4n) is 2.05. The minimum atomic E-state index is -1.68. The molecular weight excluding hydrogens is 381 g/mol. The van der Waals surface area contributed by atoms with E-state index in [1.165, 1.54) is 0 Å². The van der Waals surface area contributed by atoms with Crippen LogP contribution in [0.5, 0.6) is 0 Å². The molecule has 1 heterocycles. The van der Waals surface area contributed by atoms with Crippen molar-refractivity contribution in [2.75, 3.05) is 18.4 Å². The molecule has 0 spiro atoms. The fraction of sp³-hybridized carbons (Fsp3) is 0.353. The summed E-state index contributed by atoms with van der Waals surface area (Å²) in [5, 5.41) is 9.87. The van der Waals surface area contributed by atoms with Gasteiger partial charge in [0.05, 0.1) is 22.9 Å². The third-order valence-corrected chi connectivity index (χ3v) is 4.64. The van der Waals surface area contributed by atoms with Gasteiger partial charge in [-0.3, -0.25) is 4.79 Å². The highest BCUT2D eigenvalue weighted by atomic mass is 32.1. The second-order valence-corrected chi connectivity index (χ2v) is 6.85. The molecule has 6 nitrogen and oxygen atoms in total. The van der Waals surface area contributed by atoms with Crippen molar-refractivity contribution in [2.24, 2.45) is 0 Å². The fourth-order valence-corrected chi connectivity index (χ4v) is 2.92. The normalized spacial score (nSPS) is 10.7. The van der Waals surface area contributed by atoms with Crippen LogP contribution in [0.25, 0.3) is 0 Å². The van der Waals surface area contributed by atoms with Crippen LogP contribution in [0.15, 0.2) is 17.5 Å². The van der Waals surface area contributed by atoms with Crippen LogP contribution < -0.4 is 16.0 Å². The van der Waals surface area contributed by atoms with E-state index in [1.54, 1.807) is 11.3 Å². The van der Waals surface area contributed by atoms with E-state index in [2.05, 4.69) is 20.9 Å². The van der Waals surface area contributed by atoms with E-state index < -0.39 is 41.6 Å². The molecule has 0 unspecified atom stereocenters. The number of urea groups is 1. The number of carbonyl (C=O) groups is 2. The molecular formula is C17H19F3N4O2S. The predicted molar refractivity (Wildman–Crippen MR) is 96.3 cm³/mol. The lowest BCUT2D eigenvalue weighted by Crippen LogP contribution is -2.40. The van der Waals surface area contributed by atoms with Crippen molar-refractivity contribution in [2.45, 2.75) is 26.2 Å². The number of halogens is 3. The van der Waals surface area contributed by atoms with Crippen LogP contribution >= 0.6 is 11.3 Å². The largest absolute Gasteiger partial charge is 0.338 e. The molecule has 1 aromatic carbocycles. The Balaban J connectivity index is 1.72. The van der Waals surface area contributed by atoms with Gasteiger partial charge in [0.15, 0.2) is 17.5 Å². The van der Waals surface area contributed by atoms with Gasteiger partial charge in [-0.2, -0.15) is 0 Å². The van der Waals surface area contributed by atoms with Crippen LogP contribution in [0.3, 0.4) is 0 Å². The van der Waals surface area contributed by atoms with Crippen LogP contribution in [-0.2, 0) is 11.2 Å². The maximum Gasteiger partial charge on any atom is 0.315 e. The number of nitrogens with one attached hydrogen (secondary N) is 3. The van der Waals surface area contributed by atoms with Crippen molar-refractivity contribution in [1.29, 1.82) is 0 Å². The molecule has 0 aliphatic heterocycles. The van der Waals surface area contributed by atoms with Crippen LogP contribution in [0.2, 0.25) is 0 Å². The Morgan fingerprint density at radius 1 is 1.15 bits per heavy atom. The zero-order valence-corrected chi connectivity index (χ0v) is 15.6. The first-order chi connectivity index (χ1) is 12.8. The molecule has 0 aliphatic rings. The number of hydrogen-bond donors (Lipinski definition) is 3. The highest BCUT2D eigenvalue weighted by Gasteiger charge is 2.15. The number of nitrogens with zero attached hydrogens (tertiary/aromatic N) is 1. The molecule has 10 heteroatoms. The first-order valence-electron chi connectivity index (χ1n) is 8.17. The van der Waals surface area contributed by atoms with Gasteiger partial charge in [-0.25, -0.2) is 22.9 Å². The number of amides is 3. The summed E-state index contributed by atoms with van der Waals surface area (Å²) < 4.78 is 39.4. The van der Waals surface area contributed by atoms with Crippen molar-refractivity contribution in [3.63, 3.8) is 0 Å². The second kappa shape index (κ2) is 9.36. The number of rotatable bonds is 7. The monoisotopic (exact) mass is 400 g/mol. The average molecular weight is 400 g/mol. The van der Waals surface area contributed by atoms with E-state index in [1.807, 2.05) is 19.2 Å². The van der Waals surface area contributed by atoms with Crippen LogP contribution in [0.4, 0.5) is 23.7 Å². The van der Waals surface area contributed by atoms with E-state index in [0.717, 1.165) is 16.8 Å². The summed E-state index contributed by atoms with van der Waals surface area (Å²) in [5.41, 5.74) is 0.362. The zero-order chi connectivity index (χ0) is 20.0. The molecule has 0 atom stereocenters. The molecule has 1 aromatic heterocycles. The van der Waals surface area contributed by atoms with Gasteiger partial charge >= 0.3 is 6.03 Å². The van der Waals surface area contributed by atoms with E-state index in [4.69, 9.17) is 0 Å². The van der Waals surface area contributed by atoms with Gasteiger partial charge in [0, 0.05) is 24.3 Å². The Morgan fingerprint density at radius 3 is 2.56 bits per heavy atom. The summed E-state index contributed by atoms with van der Waals surface area (Å²) in [4.78, 5) is 27.8. The van der Waals surface area contributed by atoms with Crippen molar-refractivity contribution < 1.29 is 22.8 Å². The second-order valence-electron chi connectivity index (χ2n) is 5.96. The summed E-state index contributed by atoms with van der Waals surface area (Å²) in [6.07, 6.45) is 0.545. The molecule has 0 fully saturated rings. The Kier molecular flexibility index (Phi) is 7.17. The van der Waals surface area contributed by atoms with E-state index in [-0.39, 0.29) is 0 Å². The van der Waals surface area contributed by atoms with Crippen molar-refractivity contribution >= 4 is 29.0 Å². The topological polar surface area (TPSA) is 83.1 Å². The standard InChI is InChI=1S/C17H19F3N4O2S/c1-9(2)16-23-10(8-27-16)5-6-21-17(26)22-7-13(25)24-12-4-3-11(18)14(19)15(12)20/h3-4,8-9H,5-7H2,1-2H3,(H,24,25)(H2,21,22,26). The Hall–Kier alpha value is -2.62. The van der Waals surface area contributed by atoms with Gasteiger partial charge in [-0.1, -0.05) is 13.8 Å². The van der Waals surface area contributed by atoms with Gasteiger partial charge in [-0.05, 0) is 12.1 Å². The molecule has 0 saturated heterocycles. The zero-order valence-electron chi connectivity index (χ0n) is 14.7. The summed E-state index contributed by atoms with van der Waals surface area (Å²) in [5.74, 6) is -4.98. The summed E-state index contributed by atoms with van der Waals surface area (Å²) in [7, 11) is 0. The van der Waals surface area contributed by atoms with Gasteiger partial charge in [0.1, 0.15) is 0 Å². The minimum absolute atomic E-state index is 0.326. The Morgan fingerprint density at radius 2 is 1.89 bits per heavy atom. The summed E-state index contributed by atoms with van der Waals surface area (Å²) in [6, 6.07) is 0.998. The molecule has 0 aliphatic carbocycles. The molecule has 3 amide bonds. The lowest BCUT2D eigenvalue weighted by atomic mass is 10.2. The number of aromatic nitrogens is 1. The van der Waals surface area contributed by atoms with Crippen molar-refractivity contribution in [3.05, 3.63) is 45.7 Å². The number of thiazole rings is 1. The Bertz CT molecular complexity index is 827. The predicted octanol–water partition coefficient (Wildman–Crippen LogP) is 3.16. The highest BCUT2D eigenvalue weighted by Crippen LogP contribution is 2.20.